The minimum atomic E-state index is -0.310. The number of para-hydroxylation sites is 1. The van der Waals surface area contributed by atoms with E-state index in [4.69, 9.17) is 4.74 Å². The number of aromatic nitrogens is 1. The molecule has 2 aromatic rings. The van der Waals surface area contributed by atoms with Gasteiger partial charge in [0.05, 0.1) is 24.7 Å². The van der Waals surface area contributed by atoms with Gasteiger partial charge >= 0.3 is 0 Å². The summed E-state index contributed by atoms with van der Waals surface area (Å²) in [6, 6.07) is 13.5. The number of amides is 2. The molecule has 0 unspecified atom stereocenters. The summed E-state index contributed by atoms with van der Waals surface area (Å²) in [6.45, 7) is 1.34. The minimum absolute atomic E-state index is 0.000301. The molecule has 2 aliphatic heterocycles. The number of rotatable bonds is 5. The normalized spacial score (nSPS) is 21.4. The van der Waals surface area contributed by atoms with Crippen LogP contribution in [0, 0.1) is 5.92 Å². The third kappa shape index (κ3) is 3.54. The van der Waals surface area contributed by atoms with Gasteiger partial charge in [0.1, 0.15) is 11.9 Å². The van der Waals surface area contributed by atoms with Crippen molar-refractivity contribution in [2.24, 2.45) is 5.92 Å². The maximum atomic E-state index is 12.5. The van der Waals surface area contributed by atoms with E-state index >= 15 is 0 Å². The molecule has 4 rings (SSSR count). The van der Waals surface area contributed by atoms with Crippen molar-refractivity contribution in [2.45, 2.75) is 25.5 Å². The van der Waals surface area contributed by atoms with Crippen LogP contribution >= 0.6 is 0 Å². The second kappa shape index (κ2) is 7.15. The predicted molar refractivity (Wildman–Crippen MR) is 95.3 cm³/mol. The lowest BCUT2D eigenvalue weighted by Crippen LogP contribution is -2.38. The zero-order valence-corrected chi connectivity index (χ0v) is 14.4. The van der Waals surface area contributed by atoms with Gasteiger partial charge in [-0.05, 0) is 23.8 Å². The quantitative estimate of drug-likeness (QED) is 0.887. The summed E-state index contributed by atoms with van der Waals surface area (Å²) in [5.41, 5.74) is 2.00. The Morgan fingerprint density at radius 3 is 2.85 bits per heavy atom. The van der Waals surface area contributed by atoms with Gasteiger partial charge in [-0.3, -0.25) is 14.6 Å². The number of benzene rings is 1. The Labute approximate surface area is 152 Å². The van der Waals surface area contributed by atoms with E-state index in [1.807, 2.05) is 42.5 Å². The number of hydrogen-bond acceptors (Lipinski definition) is 4. The second-order valence-electron chi connectivity index (χ2n) is 6.79. The average Bonchev–Trinajstić information content (AvgIpc) is 3.24. The molecule has 2 aliphatic rings. The highest BCUT2D eigenvalue weighted by molar-refractivity contribution is 5.89. The molecule has 134 valence electrons. The van der Waals surface area contributed by atoms with Gasteiger partial charge in [-0.2, -0.15) is 0 Å². The third-order valence-corrected chi connectivity index (χ3v) is 4.88. The minimum Gasteiger partial charge on any atom is -0.488 e. The maximum absolute atomic E-state index is 12.5. The van der Waals surface area contributed by atoms with Crippen molar-refractivity contribution in [2.75, 3.05) is 13.1 Å². The van der Waals surface area contributed by atoms with Crippen LogP contribution in [-0.2, 0) is 22.6 Å². The van der Waals surface area contributed by atoms with Gasteiger partial charge in [0.2, 0.25) is 11.8 Å². The number of carbonyl (C=O) groups is 2. The first-order chi connectivity index (χ1) is 12.7. The molecule has 0 radical (unpaired) electrons. The Kier molecular flexibility index (Phi) is 4.56. The van der Waals surface area contributed by atoms with E-state index in [2.05, 4.69) is 10.3 Å². The van der Waals surface area contributed by atoms with Crippen LogP contribution in [0.4, 0.5) is 0 Å². The van der Waals surface area contributed by atoms with Crippen LogP contribution in [0.3, 0.4) is 0 Å². The Balaban J connectivity index is 1.27. The van der Waals surface area contributed by atoms with Gasteiger partial charge in [0.25, 0.3) is 0 Å². The number of ether oxygens (including phenoxy) is 1. The lowest BCUT2D eigenvalue weighted by Gasteiger charge is -2.17. The molecule has 0 spiro atoms. The van der Waals surface area contributed by atoms with Crippen LogP contribution in [0.15, 0.2) is 48.7 Å². The highest BCUT2D eigenvalue weighted by atomic mass is 16.5. The number of hydrogen-bond donors (Lipinski definition) is 1. The van der Waals surface area contributed by atoms with E-state index in [9.17, 15) is 9.59 Å². The molecule has 2 atom stereocenters. The largest absolute Gasteiger partial charge is 0.488 e. The fourth-order valence-corrected chi connectivity index (χ4v) is 3.51. The van der Waals surface area contributed by atoms with Gasteiger partial charge in [-0.25, -0.2) is 0 Å². The van der Waals surface area contributed by atoms with Crippen LogP contribution in [0.5, 0.6) is 5.75 Å². The van der Waals surface area contributed by atoms with Crippen molar-refractivity contribution in [1.29, 1.82) is 0 Å². The summed E-state index contributed by atoms with van der Waals surface area (Å²) < 4.78 is 5.84. The summed E-state index contributed by atoms with van der Waals surface area (Å²) in [5, 5.41) is 2.95. The van der Waals surface area contributed by atoms with Crippen molar-refractivity contribution in [3.05, 3.63) is 59.9 Å². The molecule has 1 aromatic carbocycles. The van der Waals surface area contributed by atoms with Crippen LogP contribution in [0.25, 0.3) is 0 Å². The Bertz CT molecular complexity index is 784. The number of nitrogens with one attached hydrogen (secondary N) is 1. The molecular weight excluding hydrogens is 330 g/mol. The zero-order valence-electron chi connectivity index (χ0n) is 14.4. The monoisotopic (exact) mass is 351 g/mol. The van der Waals surface area contributed by atoms with Crippen molar-refractivity contribution in [3.63, 3.8) is 0 Å². The van der Waals surface area contributed by atoms with E-state index in [-0.39, 0.29) is 30.3 Å². The fraction of sp³-hybridized carbons (Fsp3) is 0.350. The van der Waals surface area contributed by atoms with Crippen molar-refractivity contribution < 1.29 is 14.3 Å². The standard InChI is InChI=1S/C20H21N3O3/c24-19-10-15(12-23(19)13-16-6-3-4-8-21-16)20(25)22-11-17-9-14-5-1-2-7-18(14)26-17/h1-8,15,17H,9-13H2,(H,22,25)/t15-,17+/m1/s1. The number of likely N-dealkylation sites (tertiary alicyclic amines) is 1. The molecule has 3 heterocycles. The van der Waals surface area contributed by atoms with E-state index in [0.29, 0.717) is 19.6 Å². The number of nitrogens with zero attached hydrogens (tertiary/aromatic N) is 2. The third-order valence-electron chi connectivity index (χ3n) is 4.88. The molecular formula is C20H21N3O3. The summed E-state index contributed by atoms with van der Waals surface area (Å²) in [7, 11) is 0. The lowest BCUT2D eigenvalue weighted by atomic mass is 10.1. The second-order valence-corrected chi connectivity index (χ2v) is 6.79. The van der Waals surface area contributed by atoms with E-state index in [1.54, 1.807) is 11.1 Å². The Morgan fingerprint density at radius 2 is 2.04 bits per heavy atom. The summed E-state index contributed by atoms with van der Waals surface area (Å²) in [5.74, 6) is 0.501. The topological polar surface area (TPSA) is 71.5 Å². The molecule has 6 nitrogen and oxygen atoms in total. The molecule has 0 aliphatic carbocycles. The molecule has 6 heteroatoms. The van der Waals surface area contributed by atoms with Gasteiger partial charge in [0, 0.05) is 25.6 Å². The highest BCUT2D eigenvalue weighted by Crippen LogP contribution is 2.28. The SMILES string of the molecule is O=C(NC[C@@H]1Cc2ccccc2O1)[C@@H]1CC(=O)N(Cc2ccccn2)C1. The van der Waals surface area contributed by atoms with Gasteiger partial charge in [-0.1, -0.05) is 24.3 Å². The molecule has 1 N–H and O–H groups in total. The molecule has 1 fully saturated rings. The molecule has 26 heavy (non-hydrogen) atoms. The van der Waals surface area contributed by atoms with Crippen LogP contribution in [0.1, 0.15) is 17.7 Å². The molecule has 0 saturated carbocycles. The van der Waals surface area contributed by atoms with Crippen LogP contribution < -0.4 is 10.1 Å². The average molecular weight is 351 g/mol. The first-order valence-electron chi connectivity index (χ1n) is 8.89. The van der Waals surface area contributed by atoms with Crippen molar-refractivity contribution in [1.82, 2.24) is 15.2 Å². The zero-order chi connectivity index (χ0) is 17.9. The number of pyridine rings is 1. The van der Waals surface area contributed by atoms with E-state index in [0.717, 1.165) is 17.9 Å². The number of carbonyl (C=O) groups excluding carboxylic acids is 2. The first kappa shape index (κ1) is 16.6. The first-order valence-corrected chi connectivity index (χ1v) is 8.89. The molecule has 1 aromatic heterocycles. The Hall–Kier alpha value is -2.89. The maximum Gasteiger partial charge on any atom is 0.225 e. The van der Waals surface area contributed by atoms with E-state index in [1.165, 1.54) is 5.56 Å². The Morgan fingerprint density at radius 1 is 1.19 bits per heavy atom. The van der Waals surface area contributed by atoms with Gasteiger partial charge < -0.3 is 15.0 Å². The van der Waals surface area contributed by atoms with Crippen LogP contribution in [-0.4, -0.2) is 40.9 Å². The summed E-state index contributed by atoms with van der Waals surface area (Å²) in [6.07, 6.45) is 2.72. The highest BCUT2D eigenvalue weighted by Gasteiger charge is 2.35. The van der Waals surface area contributed by atoms with E-state index < -0.39 is 0 Å². The molecule has 2 amide bonds. The number of fused-ring (bicyclic) bond motifs is 1. The fourth-order valence-electron chi connectivity index (χ4n) is 3.51. The summed E-state index contributed by atoms with van der Waals surface area (Å²) >= 11 is 0. The van der Waals surface area contributed by atoms with Crippen LogP contribution in [0.2, 0.25) is 0 Å². The smallest absolute Gasteiger partial charge is 0.225 e. The molecule has 1 saturated heterocycles. The summed E-state index contributed by atoms with van der Waals surface area (Å²) in [4.78, 5) is 30.6. The predicted octanol–water partition coefficient (Wildman–Crippen LogP) is 1.55. The van der Waals surface area contributed by atoms with Gasteiger partial charge in [0.15, 0.2) is 0 Å². The van der Waals surface area contributed by atoms with Gasteiger partial charge in [-0.15, -0.1) is 0 Å². The lowest BCUT2D eigenvalue weighted by molar-refractivity contribution is -0.129. The van der Waals surface area contributed by atoms with Crippen molar-refractivity contribution in [3.8, 4) is 5.75 Å². The van der Waals surface area contributed by atoms with Crippen molar-refractivity contribution >= 4 is 11.8 Å². The molecule has 0 bridgehead atoms.